The Kier molecular flexibility index (Phi) is 4.10. The number of halogens is 2. The van der Waals surface area contributed by atoms with Gasteiger partial charge in [0.1, 0.15) is 5.69 Å². The van der Waals surface area contributed by atoms with Gasteiger partial charge in [0.15, 0.2) is 0 Å². The van der Waals surface area contributed by atoms with Gasteiger partial charge in [0.25, 0.3) is 5.91 Å². The van der Waals surface area contributed by atoms with Crippen molar-refractivity contribution in [3.05, 3.63) is 69.8 Å². The Morgan fingerprint density at radius 3 is 2.68 bits per heavy atom. The fourth-order valence-corrected chi connectivity index (χ4v) is 2.80. The lowest BCUT2D eigenvalue weighted by molar-refractivity contribution is 0.0943. The number of carbonyl (C=O) groups is 1. The van der Waals surface area contributed by atoms with Gasteiger partial charge in [0, 0.05) is 34.5 Å². The van der Waals surface area contributed by atoms with Gasteiger partial charge in [-0.3, -0.25) is 4.79 Å². The second-order valence-electron chi connectivity index (χ2n) is 5.07. The normalized spacial score (nSPS) is 10.9. The summed E-state index contributed by atoms with van der Waals surface area (Å²) in [5.41, 5.74) is 2.40. The molecular formula is C17H14Cl2N2O. The predicted octanol–water partition coefficient (Wildman–Crippen LogP) is 4.42. The highest BCUT2D eigenvalue weighted by Crippen LogP contribution is 2.22. The van der Waals surface area contributed by atoms with E-state index in [9.17, 15) is 4.79 Å². The molecule has 2 aromatic carbocycles. The Bertz CT molecular complexity index is 855. The molecule has 0 unspecified atom stereocenters. The van der Waals surface area contributed by atoms with Crippen molar-refractivity contribution in [1.82, 2.24) is 9.88 Å². The smallest absolute Gasteiger partial charge is 0.268 e. The van der Waals surface area contributed by atoms with Crippen LogP contribution >= 0.6 is 23.2 Å². The van der Waals surface area contributed by atoms with Gasteiger partial charge in [-0.15, -0.1) is 0 Å². The second kappa shape index (κ2) is 6.03. The highest BCUT2D eigenvalue weighted by Gasteiger charge is 2.13. The number of hydrogen-bond donors (Lipinski definition) is 1. The van der Waals surface area contributed by atoms with E-state index in [0.717, 1.165) is 16.5 Å². The van der Waals surface area contributed by atoms with Crippen molar-refractivity contribution in [3.63, 3.8) is 0 Å². The van der Waals surface area contributed by atoms with Gasteiger partial charge in [0.2, 0.25) is 0 Å². The van der Waals surface area contributed by atoms with Crippen LogP contribution < -0.4 is 5.32 Å². The Hall–Kier alpha value is -1.97. The van der Waals surface area contributed by atoms with Gasteiger partial charge < -0.3 is 9.88 Å². The Balaban J connectivity index is 1.83. The zero-order valence-electron chi connectivity index (χ0n) is 11.9. The number of nitrogens with one attached hydrogen (secondary N) is 1. The number of fused-ring (bicyclic) bond motifs is 1. The molecule has 0 aliphatic rings. The summed E-state index contributed by atoms with van der Waals surface area (Å²) in [6, 6.07) is 14.9. The molecular weight excluding hydrogens is 319 g/mol. The number of nitrogens with zero attached hydrogens (tertiary/aromatic N) is 1. The Morgan fingerprint density at radius 1 is 1.14 bits per heavy atom. The molecule has 1 aromatic heterocycles. The molecule has 0 fully saturated rings. The van der Waals surface area contributed by atoms with Crippen LogP contribution in [0.1, 0.15) is 16.1 Å². The van der Waals surface area contributed by atoms with E-state index in [1.807, 2.05) is 60.1 Å². The molecule has 1 N–H and O–H groups in total. The number of benzene rings is 2. The van der Waals surface area contributed by atoms with E-state index < -0.39 is 0 Å². The third-order valence-corrected chi connectivity index (χ3v) is 4.24. The van der Waals surface area contributed by atoms with E-state index >= 15 is 0 Å². The maximum atomic E-state index is 12.4. The van der Waals surface area contributed by atoms with Crippen LogP contribution in [0.2, 0.25) is 10.0 Å². The van der Waals surface area contributed by atoms with Gasteiger partial charge in [-0.25, -0.2) is 0 Å². The van der Waals surface area contributed by atoms with Crippen molar-refractivity contribution >= 4 is 40.0 Å². The summed E-state index contributed by atoms with van der Waals surface area (Å²) < 4.78 is 1.84. The molecule has 3 rings (SSSR count). The summed E-state index contributed by atoms with van der Waals surface area (Å²) in [6.07, 6.45) is 0. The number of rotatable bonds is 3. The quantitative estimate of drug-likeness (QED) is 0.757. The van der Waals surface area contributed by atoms with E-state index in [1.165, 1.54) is 0 Å². The van der Waals surface area contributed by atoms with Crippen LogP contribution in [-0.4, -0.2) is 10.5 Å². The van der Waals surface area contributed by atoms with E-state index in [2.05, 4.69) is 5.32 Å². The van der Waals surface area contributed by atoms with E-state index in [4.69, 9.17) is 23.2 Å². The van der Waals surface area contributed by atoms with Crippen LogP contribution in [-0.2, 0) is 13.6 Å². The molecule has 0 atom stereocenters. The average molecular weight is 333 g/mol. The number of aromatic nitrogens is 1. The number of carbonyl (C=O) groups excluding carboxylic acids is 1. The van der Waals surface area contributed by atoms with Crippen LogP contribution in [0.3, 0.4) is 0 Å². The summed E-state index contributed by atoms with van der Waals surface area (Å²) in [7, 11) is 1.85. The van der Waals surface area contributed by atoms with Crippen molar-refractivity contribution < 1.29 is 4.79 Å². The third kappa shape index (κ3) is 2.82. The van der Waals surface area contributed by atoms with Crippen LogP contribution in [0.5, 0.6) is 0 Å². The lowest BCUT2D eigenvalue weighted by Crippen LogP contribution is -2.24. The third-order valence-electron chi connectivity index (χ3n) is 3.64. The van der Waals surface area contributed by atoms with Gasteiger partial charge >= 0.3 is 0 Å². The largest absolute Gasteiger partial charge is 0.347 e. The molecule has 0 radical (unpaired) electrons. The first-order valence-electron chi connectivity index (χ1n) is 6.83. The van der Waals surface area contributed by atoms with E-state index in [1.54, 1.807) is 0 Å². The van der Waals surface area contributed by atoms with Gasteiger partial charge in [-0.2, -0.15) is 0 Å². The van der Waals surface area contributed by atoms with Crippen LogP contribution in [0.4, 0.5) is 0 Å². The molecule has 22 heavy (non-hydrogen) atoms. The average Bonchev–Trinajstić information content (AvgIpc) is 2.83. The molecule has 1 amide bonds. The van der Waals surface area contributed by atoms with Crippen LogP contribution in [0.15, 0.2) is 48.5 Å². The maximum absolute atomic E-state index is 12.4. The summed E-state index contributed by atoms with van der Waals surface area (Å²) in [6.45, 7) is 0.390. The molecule has 0 saturated carbocycles. The zero-order chi connectivity index (χ0) is 15.7. The molecule has 112 valence electrons. The SMILES string of the molecule is Cn1c(C(=O)NCc2ccccc2Cl)cc2ccc(Cl)cc21. The first kappa shape index (κ1) is 14.9. The lowest BCUT2D eigenvalue weighted by Gasteiger charge is -2.08. The molecule has 3 nitrogen and oxygen atoms in total. The summed E-state index contributed by atoms with van der Waals surface area (Å²) in [4.78, 5) is 12.4. The minimum atomic E-state index is -0.144. The van der Waals surface area contributed by atoms with Gasteiger partial charge in [0.05, 0.1) is 0 Å². The summed E-state index contributed by atoms with van der Waals surface area (Å²) >= 11 is 12.1. The molecule has 0 spiro atoms. The first-order valence-corrected chi connectivity index (χ1v) is 7.58. The molecule has 0 aliphatic carbocycles. The Labute approximate surface area is 138 Å². The van der Waals surface area contributed by atoms with Gasteiger partial charge in [-0.1, -0.05) is 47.5 Å². The highest BCUT2D eigenvalue weighted by atomic mass is 35.5. The fourth-order valence-electron chi connectivity index (χ4n) is 2.43. The van der Waals surface area contributed by atoms with Crippen molar-refractivity contribution in [2.75, 3.05) is 0 Å². The Morgan fingerprint density at radius 2 is 1.91 bits per heavy atom. The number of hydrogen-bond acceptors (Lipinski definition) is 1. The highest BCUT2D eigenvalue weighted by molar-refractivity contribution is 6.31. The predicted molar refractivity (Wildman–Crippen MR) is 90.6 cm³/mol. The zero-order valence-corrected chi connectivity index (χ0v) is 13.4. The fraction of sp³-hybridized carbons (Fsp3) is 0.118. The molecule has 0 bridgehead atoms. The van der Waals surface area contributed by atoms with E-state index in [-0.39, 0.29) is 5.91 Å². The second-order valence-corrected chi connectivity index (χ2v) is 5.91. The van der Waals surface area contributed by atoms with Crippen molar-refractivity contribution in [1.29, 1.82) is 0 Å². The van der Waals surface area contributed by atoms with Gasteiger partial charge in [-0.05, 0) is 29.8 Å². The van der Waals surface area contributed by atoms with Crippen molar-refractivity contribution in [2.45, 2.75) is 6.54 Å². The maximum Gasteiger partial charge on any atom is 0.268 e. The minimum Gasteiger partial charge on any atom is -0.347 e. The monoisotopic (exact) mass is 332 g/mol. The van der Waals surface area contributed by atoms with Crippen molar-refractivity contribution in [2.24, 2.45) is 7.05 Å². The van der Waals surface area contributed by atoms with Crippen molar-refractivity contribution in [3.8, 4) is 0 Å². The molecule has 0 aliphatic heterocycles. The molecule has 1 heterocycles. The number of amides is 1. The number of aryl methyl sites for hydroxylation is 1. The topological polar surface area (TPSA) is 34.0 Å². The summed E-state index contributed by atoms with van der Waals surface area (Å²) in [5.74, 6) is -0.144. The van der Waals surface area contributed by atoms with Crippen LogP contribution in [0, 0.1) is 0 Å². The summed E-state index contributed by atoms with van der Waals surface area (Å²) in [5, 5.41) is 5.17. The van der Waals surface area contributed by atoms with Crippen LogP contribution in [0.25, 0.3) is 10.9 Å². The lowest BCUT2D eigenvalue weighted by atomic mass is 10.2. The van der Waals surface area contributed by atoms with E-state index in [0.29, 0.717) is 22.3 Å². The molecule has 3 aromatic rings. The first-order chi connectivity index (χ1) is 10.6. The standard InChI is InChI=1S/C17H14Cl2N2O/c1-21-15-9-13(18)7-6-11(15)8-16(21)17(22)20-10-12-4-2-3-5-14(12)19/h2-9H,10H2,1H3,(H,20,22). The molecule has 0 saturated heterocycles. The molecule has 5 heteroatoms. The minimum absolute atomic E-state index is 0.144.